The fraction of sp³-hybridized carbons (Fsp3) is 0.467. The number of ketones is 3. The summed E-state index contributed by atoms with van der Waals surface area (Å²) in [6.45, 7) is 1.92. The van der Waals surface area contributed by atoms with Crippen molar-refractivity contribution in [1.82, 2.24) is 0 Å². The van der Waals surface area contributed by atoms with Crippen molar-refractivity contribution < 1.29 is 19.2 Å². The van der Waals surface area contributed by atoms with Gasteiger partial charge in [0.15, 0.2) is 5.78 Å². The number of unbranched alkanes of at least 4 members (excludes halogenated alkanes) is 4. The summed E-state index contributed by atoms with van der Waals surface area (Å²) >= 11 is 6.11. The Balaban J connectivity index is 1.65. The fourth-order valence-electron chi connectivity index (χ4n) is 4.16. The molecule has 0 aliphatic rings. The highest BCUT2D eigenvalue weighted by Crippen LogP contribution is 2.22. The molecule has 2 rings (SSSR count). The molecule has 2 aromatic rings. The van der Waals surface area contributed by atoms with E-state index in [1.807, 2.05) is 31.2 Å². The van der Waals surface area contributed by atoms with Gasteiger partial charge < -0.3 is 5.32 Å². The molecule has 1 amide bonds. The second kappa shape index (κ2) is 16.8. The van der Waals surface area contributed by atoms with E-state index in [1.165, 1.54) is 0 Å². The van der Waals surface area contributed by atoms with Gasteiger partial charge in [0.25, 0.3) is 0 Å². The number of hydrogen-bond acceptors (Lipinski definition) is 4. The minimum atomic E-state index is -0.287. The van der Waals surface area contributed by atoms with Crippen molar-refractivity contribution in [3.05, 3.63) is 66.2 Å². The van der Waals surface area contributed by atoms with Gasteiger partial charge in [-0.2, -0.15) is 0 Å². The second-order valence-electron chi connectivity index (χ2n) is 9.42. The number of amides is 1. The first kappa shape index (κ1) is 29.4. The van der Waals surface area contributed by atoms with Crippen molar-refractivity contribution in [2.24, 2.45) is 5.92 Å². The monoisotopic (exact) mass is 511 g/mol. The average molecular weight is 512 g/mol. The Labute approximate surface area is 220 Å². The number of nitrogens with one attached hydrogen (secondary N) is 1. The lowest BCUT2D eigenvalue weighted by Gasteiger charge is -2.16. The van der Waals surface area contributed by atoms with Crippen molar-refractivity contribution >= 4 is 40.5 Å². The lowest BCUT2D eigenvalue weighted by atomic mass is 9.89. The molecule has 36 heavy (non-hydrogen) atoms. The van der Waals surface area contributed by atoms with Gasteiger partial charge in [-0.15, -0.1) is 11.6 Å². The Morgan fingerprint density at radius 1 is 0.750 bits per heavy atom. The lowest BCUT2D eigenvalue weighted by molar-refractivity contribution is -0.128. The first-order chi connectivity index (χ1) is 17.3. The van der Waals surface area contributed by atoms with Gasteiger partial charge in [-0.05, 0) is 44.7 Å². The summed E-state index contributed by atoms with van der Waals surface area (Å²) in [6.07, 6.45) is 6.95. The van der Waals surface area contributed by atoms with E-state index in [-0.39, 0.29) is 47.4 Å². The topological polar surface area (TPSA) is 80.3 Å². The van der Waals surface area contributed by atoms with Crippen molar-refractivity contribution in [1.29, 1.82) is 0 Å². The number of alkyl halides is 1. The Morgan fingerprint density at radius 3 is 2.03 bits per heavy atom. The molecule has 0 spiro atoms. The van der Waals surface area contributed by atoms with Crippen LogP contribution in [0.25, 0.3) is 0 Å². The Morgan fingerprint density at radius 2 is 1.36 bits per heavy atom. The summed E-state index contributed by atoms with van der Waals surface area (Å²) in [5.74, 6) is -0.628. The highest BCUT2D eigenvalue weighted by atomic mass is 35.5. The molecule has 0 saturated heterocycles. The molecular formula is C30H38ClNO4. The standard InChI is InChI=1S/C30H38ClNO4/c1-23(31)19-20-25(29(35)22-30(36)32-26-16-10-6-11-17-26)15-7-3-2-4-12-18-27(33)21-28(34)24-13-8-5-9-14-24/h5-6,8-11,13-14,16-17,23,25H,2-4,7,12,15,18-22H2,1H3,(H,32,36). The van der Waals surface area contributed by atoms with Crippen molar-refractivity contribution in [2.45, 2.75) is 82.9 Å². The molecule has 5 nitrogen and oxygen atoms in total. The molecule has 2 atom stereocenters. The zero-order valence-corrected chi connectivity index (χ0v) is 22.0. The van der Waals surface area contributed by atoms with E-state index < -0.39 is 0 Å². The molecule has 0 aliphatic carbocycles. The van der Waals surface area contributed by atoms with Gasteiger partial charge in [0.2, 0.25) is 5.91 Å². The van der Waals surface area contributed by atoms with Crippen molar-refractivity contribution in [2.75, 3.05) is 5.32 Å². The number of benzene rings is 2. The number of Topliss-reactive ketones (excluding diaryl/α,β-unsaturated/α-hetero) is 3. The van der Waals surface area contributed by atoms with Crippen LogP contribution < -0.4 is 5.32 Å². The van der Waals surface area contributed by atoms with E-state index in [0.29, 0.717) is 24.1 Å². The predicted molar refractivity (Wildman–Crippen MR) is 145 cm³/mol. The molecule has 194 valence electrons. The van der Waals surface area contributed by atoms with Crippen LogP contribution in [0.5, 0.6) is 0 Å². The highest BCUT2D eigenvalue weighted by molar-refractivity contribution is 6.20. The second-order valence-corrected chi connectivity index (χ2v) is 10.2. The minimum Gasteiger partial charge on any atom is -0.326 e. The molecule has 2 unspecified atom stereocenters. The number of para-hydroxylation sites is 1. The summed E-state index contributed by atoms with van der Waals surface area (Å²) in [6, 6.07) is 18.0. The van der Waals surface area contributed by atoms with Crippen LogP contribution in [0.4, 0.5) is 5.69 Å². The average Bonchev–Trinajstić information content (AvgIpc) is 2.86. The van der Waals surface area contributed by atoms with E-state index in [1.54, 1.807) is 36.4 Å². The Kier molecular flexibility index (Phi) is 13.7. The maximum atomic E-state index is 12.8. The number of halogens is 1. The first-order valence-electron chi connectivity index (χ1n) is 13.0. The highest BCUT2D eigenvalue weighted by Gasteiger charge is 2.21. The molecule has 0 radical (unpaired) electrons. The maximum absolute atomic E-state index is 12.8. The third-order valence-corrected chi connectivity index (χ3v) is 6.44. The predicted octanol–water partition coefficient (Wildman–Crippen LogP) is 7.18. The largest absolute Gasteiger partial charge is 0.326 e. The molecule has 2 aromatic carbocycles. The molecule has 0 bridgehead atoms. The lowest BCUT2D eigenvalue weighted by Crippen LogP contribution is -2.23. The molecule has 0 heterocycles. The summed E-state index contributed by atoms with van der Waals surface area (Å²) in [5.41, 5.74) is 1.26. The number of carbonyl (C=O) groups excluding carboxylic acids is 4. The molecule has 0 fully saturated rings. The fourth-order valence-corrected chi connectivity index (χ4v) is 4.29. The molecule has 0 aliphatic heterocycles. The smallest absolute Gasteiger partial charge is 0.231 e. The molecule has 0 aromatic heterocycles. The summed E-state index contributed by atoms with van der Waals surface area (Å²) in [4.78, 5) is 49.4. The van der Waals surface area contributed by atoms with Gasteiger partial charge in [-0.3, -0.25) is 19.2 Å². The third kappa shape index (κ3) is 12.3. The zero-order chi connectivity index (χ0) is 26.2. The van der Waals surface area contributed by atoms with Crippen LogP contribution in [-0.4, -0.2) is 28.6 Å². The Hall–Kier alpha value is -2.79. The summed E-state index contributed by atoms with van der Waals surface area (Å²) in [5, 5.41) is 2.77. The normalized spacial score (nSPS) is 12.5. The molecule has 6 heteroatoms. The van der Waals surface area contributed by atoms with Crippen molar-refractivity contribution in [3.63, 3.8) is 0 Å². The van der Waals surface area contributed by atoms with Crippen LogP contribution in [0.15, 0.2) is 60.7 Å². The van der Waals surface area contributed by atoms with Crippen LogP contribution in [0.1, 0.15) is 87.9 Å². The van der Waals surface area contributed by atoms with E-state index in [0.717, 1.165) is 44.9 Å². The van der Waals surface area contributed by atoms with E-state index in [2.05, 4.69) is 5.32 Å². The van der Waals surface area contributed by atoms with Gasteiger partial charge in [-0.1, -0.05) is 74.2 Å². The first-order valence-corrected chi connectivity index (χ1v) is 13.4. The van der Waals surface area contributed by atoms with E-state index >= 15 is 0 Å². The number of hydrogen-bond donors (Lipinski definition) is 1. The van der Waals surface area contributed by atoms with Crippen LogP contribution in [0.2, 0.25) is 0 Å². The Bertz CT molecular complexity index is 959. The quantitative estimate of drug-likeness (QED) is 0.0994. The summed E-state index contributed by atoms with van der Waals surface area (Å²) < 4.78 is 0. The number of carbonyl (C=O) groups is 4. The molecule has 1 N–H and O–H groups in total. The van der Waals surface area contributed by atoms with Gasteiger partial charge in [0, 0.05) is 29.0 Å². The summed E-state index contributed by atoms with van der Waals surface area (Å²) in [7, 11) is 0. The van der Waals surface area contributed by atoms with Gasteiger partial charge >= 0.3 is 0 Å². The number of rotatable bonds is 18. The van der Waals surface area contributed by atoms with E-state index in [9.17, 15) is 19.2 Å². The van der Waals surface area contributed by atoms with Crippen LogP contribution in [0.3, 0.4) is 0 Å². The van der Waals surface area contributed by atoms with Gasteiger partial charge in [-0.25, -0.2) is 0 Å². The van der Waals surface area contributed by atoms with Crippen LogP contribution in [-0.2, 0) is 14.4 Å². The zero-order valence-electron chi connectivity index (χ0n) is 21.2. The van der Waals surface area contributed by atoms with Crippen LogP contribution in [0, 0.1) is 5.92 Å². The van der Waals surface area contributed by atoms with Gasteiger partial charge in [0.1, 0.15) is 11.6 Å². The van der Waals surface area contributed by atoms with Crippen molar-refractivity contribution in [3.8, 4) is 0 Å². The number of anilines is 1. The minimum absolute atomic E-state index is 0.00949. The third-order valence-electron chi connectivity index (χ3n) is 6.22. The maximum Gasteiger partial charge on any atom is 0.231 e. The SMILES string of the molecule is CC(Cl)CCC(CCCCCCCC(=O)CC(=O)c1ccccc1)C(=O)CC(=O)Nc1ccccc1. The van der Waals surface area contributed by atoms with E-state index in [4.69, 9.17) is 11.6 Å². The van der Waals surface area contributed by atoms with Gasteiger partial charge in [0.05, 0.1) is 12.8 Å². The molecular weight excluding hydrogens is 474 g/mol. The molecule has 0 saturated carbocycles. The van der Waals surface area contributed by atoms with Crippen LogP contribution >= 0.6 is 11.6 Å².